The molecule has 3 nitrogen and oxygen atoms in total. The van der Waals surface area contributed by atoms with Crippen LogP contribution in [0.25, 0.3) is 0 Å². The first kappa shape index (κ1) is 13.3. The first-order valence-electron chi connectivity index (χ1n) is 7.46. The fourth-order valence-electron chi connectivity index (χ4n) is 3.00. The summed E-state index contributed by atoms with van der Waals surface area (Å²) in [6.07, 6.45) is 8.30. The molecule has 0 aliphatic carbocycles. The molecule has 1 N–H and O–H groups in total. The van der Waals surface area contributed by atoms with E-state index < -0.39 is 0 Å². The van der Waals surface area contributed by atoms with E-state index in [9.17, 15) is 0 Å². The van der Waals surface area contributed by atoms with Gasteiger partial charge in [0.1, 0.15) is 0 Å². The van der Waals surface area contributed by atoms with Crippen molar-refractivity contribution in [1.29, 1.82) is 0 Å². The SMILES string of the molecule is CCN1CCCC(NCCC2CCCO2)CC1. The van der Waals surface area contributed by atoms with Crippen LogP contribution < -0.4 is 5.32 Å². The van der Waals surface area contributed by atoms with Gasteiger partial charge in [-0.25, -0.2) is 0 Å². The molecule has 0 amide bonds. The Bertz CT molecular complexity index is 204. The maximum absolute atomic E-state index is 5.65. The van der Waals surface area contributed by atoms with Crippen LogP contribution >= 0.6 is 0 Å². The van der Waals surface area contributed by atoms with Gasteiger partial charge in [0.25, 0.3) is 0 Å². The van der Waals surface area contributed by atoms with Crippen LogP contribution in [0.3, 0.4) is 0 Å². The van der Waals surface area contributed by atoms with Gasteiger partial charge in [0.2, 0.25) is 0 Å². The Hall–Kier alpha value is -0.120. The first-order chi connectivity index (χ1) is 8.38. The van der Waals surface area contributed by atoms with E-state index in [2.05, 4.69) is 17.1 Å². The molecule has 2 rings (SSSR count). The monoisotopic (exact) mass is 240 g/mol. The van der Waals surface area contributed by atoms with Crippen LogP contribution in [0.1, 0.15) is 45.4 Å². The zero-order valence-electron chi connectivity index (χ0n) is 11.3. The second kappa shape index (κ2) is 7.34. The van der Waals surface area contributed by atoms with Crippen molar-refractivity contribution in [1.82, 2.24) is 10.2 Å². The van der Waals surface area contributed by atoms with Crippen molar-refractivity contribution in [2.24, 2.45) is 0 Å². The van der Waals surface area contributed by atoms with Crippen molar-refractivity contribution in [2.45, 2.75) is 57.6 Å². The van der Waals surface area contributed by atoms with E-state index in [1.807, 2.05) is 0 Å². The second-order valence-corrected chi connectivity index (χ2v) is 5.44. The van der Waals surface area contributed by atoms with Crippen LogP contribution in [0.15, 0.2) is 0 Å². The summed E-state index contributed by atoms with van der Waals surface area (Å²) in [6, 6.07) is 0.743. The lowest BCUT2D eigenvalue weighted by molar-refractivity contribution is 0.103. The molecule has 0 aromatic rings. The van der Waals surface area contributed by atoms with Gasteiger partial charge >= 0.3 is 0 Å². The molecule has 2 aliphatic rings. The van der Waals surface area contributed by atoms with Gasteiger partial charge in [-0.3, -0.25) is 0 Å². The molecule has 0 radical (unpaired) electrons. The van der Waals surface area contributed by atoms with E-state index >= 15 is 0 Å². The Morgan fingerprint density at radius 1 is 1.18 bits per heavy atom. The fourth-order valence-corrected chi connectivity index (χ4v) is 3.00. The minimum atomic E-state index is 0.542. The molecule has 3 heteroatoms. The highest BCUT2D eigenvalue weighted by Crippen LogP contribution is 2.15. The number of nitrogens with zero attached hydrogens (tertiary/aromatic N) is 1. The van der Waals surface area contributed by atoms with Crippen LogP contribution in [-0.2, 0) is 4.74 Å². The number of ether oxygens (including phenoxy) is 1. The lowest BCUT2D eigenvalue weighted by atomic mass is 10.1. The molecule has 2 fully saturated rings. The van der Waals surface area contributed by atoms with Crippen molar-refractivity contribution in [3.63, 3.8) is 0 Å². The summed E-state index contributed by atoms with van der Waals surface area (Å²) in [5.74, 6) is 0. The Morgan fingerprint density at radius 2 is 2.12 bits per heavy atom. The lowest BCUT2D eigenvalue weighted by Gasteiger charge is -2.19. The normalized spacial score (nSPS) is 31.6. The van der Waals surface area contributed by atoms with Gasteiger partial charge in [-0.2, -0.15) is 0 Å². The minimum absolute atomic E-state index is 0.542. The van der Waals surface area contributed by atoms with Crippen molar-refractivity contribution >= 4 is 0 Å². The molecular formula is C14H28N2O. The van der Waals surface area contributed by atoms with E-state index in [0.29, 0.717) is 6.10 Å². The molecule has 0 aromatic carbocycles. The first-order valence-corrected chi connectivity index (χ1v) is 7.46. The highest BCUT2D eigenvalue weighted by molar-refractivity contribution is 4.75. The summed E-state index contributed by atoms with van der Waals surface area (Å²) in [4.78, 5) is 2.57. The molecule has 0 spiro atoms. The predicted octanol–water partition coefficient (Wildman–Crippen LogP) is 2.02. The van der Waals surface area contributed by atoms with Crippen molar-refractivity contribution in [2.75, 3.05) is 32.8 Å². The number of nitrogens with one attached hydrogen (secondary N) is 1. The second-order valence-electron chi connectivity index (χ2n) is 5.44. The van der Waals surface area contributed by atoms with Gasteiger partial charge in [0, 0.05) is 12.6 Å². The number of hydrogen-bond acceptors (Lipinski definition) is 3. The van der Waals surface area contributed by atoms with Gasteiger partial charge in [-0.1, -0.05) is 6.92 Å². The molecule has 100 valence electrons. The van der Waals surface area contributed by atoms with E-state index in [1.54, 1.807) is 0 Å². The Morgan fingerprint density at radius 3 is 2.88 bits per heavy atom. The molecule has 0 bridgehead atoms. The van der Waals surface area contributed by atoms with Gasteiger partial charge in [0.15, 0.2) is 0 Å². The third-order valence-electron chi connectivity index (χ3n) is 4.19. The Labute approximate surface area is 106 Å². The summed E-state index contributed by atoms with van der Waals surface area (Å²) < 4.78 is 5.65. The Kier molecular flexibility index (Phi) is 5.75. The van der Waals surface area contributed by atoms with E-state index in [1.165, 1.54) is 58.2 Å². The quantitative estimate of drug-likeness (QED) is 0.795. The topological polar surface area (TPSA) is 24.5 Å². The summed E-state index contributed by atoms with van der Waals surface area (Å²) >= 11 is 0. The molecule has 2 aliphatic heterocycles. The third-order valence-corrected chi connectivity index (χ3v) is 4.19. The molecule has 2 heterocycles. The highest BCUT2D eigenvalue weighted by atomic mass is 16.5. The van der Waals surface area contributed by atoms with Gasteiger partial charge in [-0.15, -0.1) is 0 Å². The third kappa shape index (κ3) is 4.57. The van der Waals surface area contributed by atoms with Crippen LogP contribution in [0.4, 0.5) is 0 Å². The number of rotatable bonds is 5. The van der Waals surface area contributed by atoms with Crippen LogP contribution in [-0.4, -0.2) is 49.8 Å². The minimum Gasteiger partial charge on any atom is -0.378 e. The van der Waals surface area contributed by atoms with Crippen LogP contribution in [0.2, 0.25) is 0 Å². The van der Waals surface area contributed by atoms with Crippen LogP contribution in [0.5, 0.6) is 0 Å². The van der Waals surface area contributed by atoms with Crippen molar-refractivity contribution < 1.29 is 4.74 Å². The molecule has 0 aromatic heterocycles. The Balaban J connectivity index is 1.58. The van der Waals surface area contributed by atoms with Crippen LogP contribution in [0, 0.1) is 0 Å². The molecule has 2 atom stereocenters. The lowest BCUT2D eigenvalue weighted by Crippen LogP contribution is -2.32. The number of hydrogen-bond donors (Lipinski definition) is 1. The van der Waals surface area contributed by atoms with E-state index in [0.717, 1.165) is 19.2 Å². The van der Waals surface area contributed by atoms with Crippen molar-refractivity contribution in [3.8, 4) is 0 Å². The summed E-state index contributed by atoms with van der Waals surface area (Å²) in [7, 11) is 0. The smallest absolute Gasteiger partial charge is 0.0588 e. The fraction of sp³-hybridized carbons (Fsp3) is 1.00. The zero-order valence-corrected chi connectivity index (χ0v) is 11.3. The maximum Gasteiger partial charge on any atom is 0.0588 e. The highest BCUT2D eigenvalue weighted by Gasteiger charge is 2.18. The molecular weight excluding hydrogens is 212 g/mol. The van der Waals surface area contributed by atoms with E-state index in [4.69, 9.17) is 4.74 Å². The maximum atomic E-state index is 5.65. The summed E-state index contributed by atoms with van der Waals surface area (Å²) in [6.45, 7) is 8.17. The largest absolute Gasteiger partial charge is 0.378 e. The van der Waals surface area contributed by atoms with Gasteiger partial charge < -0.3 is 15.0 Å². The average molecular weight is 240 g/mol. The summed E-state index contributed by atoms with van der Waals surface area (Å²) in [5, 5.41) is 3.73. The standard InChI is InChI=1S/C14H28N2O/c1-2-16-10-3-5-13(8-11-16)15-9-7-14-6-4-12-17-14/h13-15H,2-12H2,1H3. The average Bonchev–Trinajstić information content (AvgIpc) is 2.75. The zero-order chi connectivity index (χ0) is 11.9. The molecule has 2 unspecified atom stereocenters. The predicted molar refractivity (Wildman–Crippen MR) is 71.3 cm³/mol. The molecule has 0 saturated carbocycles. The molecule has 17 heavy (non-hydrogen) atoms. The summed E-state index contributed by atoms with van der Waals surface area (Å²) in [5.41, 5.74) is 0. The van der Waals surface area contributed by atoms with Gasteiger partial charge in [-0.05, 0) is 64.7 Å². The molecule has 2 saturated heterocycles. The number of likely N-dealkylation sites (tertiary alicyclic amines) is 1. The van der Waals surface area contributed by atoms with E-state index in [-0.39, 0.29) is 0 Å². The van der Waals surface area contributed by atoms with Gasteiger partial charge in [0.05, 0.1) is 6.10 Å². The van der Waals surface area contributed by atoms with Crippen molar-refractivity contribution in [3.05, 3.63) is 0 Å².